The lowest BCUT2D eigenvalue weighted by molar-refractivity contribution is -0.137. The number of ether oxygens (including phenoxy) is 1. The van der Waals surface area contributed by atoms with Gasteiger partial charge in [0.25, 0.3) is 5.91 Å². The van der Waals surface area contributed by atoms with Crippen LogP contribution in [0.15, 0.2) is 67.0 Å². The normalized spacial score (nSPS) is 11.2. The maximum absolute atomic E-state index is 12.5. The summed E-state index contributed by atoms with van der Waals surface area (Å²) < 4.78 is 44.5. The summed E-state index contributed by atoms with van der Waals surface area (Å²) in [6, 6.07) is 13.9. The maximum Gasteiger partial charge on any atom is 0.416 e. The molecule has 0 aliphatic rings. The minimum Gasteiger partial charge on any atom is -0.484 e. The van der Waals surface area contributed by atoms with Crippen molar-refractivity contribution in [2.45, 2.75) is 12.6 Å². The Morgan fingerprint density at radius 2 is 1.79 bits per heavy atom. The Labute approximate surface area is 159 Å². The lowest BCUT2D eigenvalue weighted by Gasteiger charge is -2.09. The first-order valence-corrected chi connectivity index (χ1v) is 8.57. The molecule has 0 saturated carbocycles. The second kappa shape index (κ2) is 8.60. The second-order valence-electron chi connectivity index (χ2n) is 6.04. The number of rotatable bonds is 7. The van der Waals surface area contributed by atoms with Gasteiger partial charge in [0.2, 0.25) is 0 Å². The van der Waals surface area contributed by atoms with E-state index in [1.807, 2.05) is 36.5 Å². The van der Waals surface area contributed by atoms with Crippen molar-refractivity contribution in [3.63, 3.8) is 0 Å². The zero-order chi connectivity index (χ0) is 20.0. The average molecular weight is 389 g/mol. The van der Waals surface area contributed by atoms with Gasteiger partial charge in [0.05, 0.1) is 17.4 Å². The number of amides is 1. The highest BCUT2D eigenvalue weighted by atomic mass is 19.4. The highest BCUT2D eigenvalue weighted by molar-refractivity contribution is 5.77. The fourth-order valence-corrected chi connectivity index (χ4v) is 2.50. The van der Waals surface area contributed by atoms with E-state index in [0.29, 0.717) is 13.0 Å². The molecule has 0 radical (unpaired) electrons. The van der Waals surface area contributed by atoms with Crippen LogP contribution in [0.3, 0.4) is 0 Å². The predicted molar refractivity (Wildman–Crippen MR) is 97.2 cm³/mol. The molecule has 146 valence electrons. The smallest absolute Gasteiger partial charge is 0.416 e. The first kappa shape index (κ1) is 19.5. The molecule has 1 N–H and O–H groups in total. The Morgan fingerprint density at radius 3 is 2.46 bits per heavy atom. The monoisotopic (exact) mass is 389 g/mol. The Kier molecular flexibility index (Phi) is 5.98. The molecule has 0 aliphatic heterocycles. The molecule has 28 heavy (non-hydrogen) atoms. The Balaban J connectivity index is 1.41. The molecular weight excluding hydrogens is 371 g/mol. The van der Waals surface area contributed by atoms with E-state index in [4.69, 9.17) is 4.74 Å². The second-order valence-corrected chi connectivity index (χ2v) is 6.04. The molecule has 3 rings (SSSR count). The molecule has 1 amide bonds. The van der Waals surface area contributed by atoms with Crippen LogP contribution in [0.4, 0.5) is 13.2 Å². The summed E-state index contributed by atoms with van der Waals surface area (Å²) in [4.78, 5) is 11.8. The molecule has 0 atom stereocenters. The molecule has 0 bridgehead atoms. The number of para-hydroxylation sites is 1. The summed E-state index contributed by atoms with van der Waals surface area (Å²) in [5.41, 5.74) is 1.15. The molecule has 0 aliphatic carbocycles. The van der Waals surface area contributed by atoms with Crippen molar-refractivity contribution in [2.24, 2.45) is 0 Å². The van der Waals surface area contributed by atoms with Crippen LogP contribution in [-0.4, -0.2) is 28.8 Å². The van der Waals surface area contributed by atoms with Crippen LogP contribution in [0.5, 0.6) is 5.75 Å². The third kappa shape index (κ3) is 5.35. The fraction of sp³-hybridized carbons (Fsp3) is 0.200. The van der Waals surface area contributed by atoms with Crippen LogP contribution in [0, 0.1) is 0 Å². The van der Waals surface area contributed by atoms with E-state index < -0.39 is 11.7 Å². The topological polar surface area (TPSA) is 56.1 Å². The molecule has 0 fully saturated rings. The summed E-state index contributed by atoms with van der Waals surface area (Å²) in [5.74, 6) is -0.150. The van der Waals surface area contributed by atoms with Crippen LogP contribution in [0.25, 0.3) is 5.69 Å². The summed E-state index contributed by atoms with van der Waals surface area (Å²) in [6.07, 6.45) is -0.179. The Morgan fingerprint density at radius 1 is 1.07 bits per heavy atom. The molecule has 0 spiro atoms. The molecule has 0 unspecified atom stereocenters. The van der Waals surface area contributed by atoms with Crippen LogP contribution in [-0.2, 0) is 17.4 Å². The number of aromatic nitrogens is 2. The predicted octanol–water partition coefficient (Wildman–Crippen LogP) is 3.63. The van der Waals surface area contributed by atoms with Gasteiger partial charge in [0, 0.05) is 12.7 Å². The molecule has 8 heteroatoms. The Hall–Kier alpha value is -3.29. The summed E-state index contributed by atoms with van der Waals surface area (Å²) in [7, 11) is 0. The van der Waals surface area contributed by atoms with Crippen LogP contribution in [0.1, 0.15) is 11.1 Å². The van der Waals surface area contributed by atoms with Crippen molar-refractivity contribution < 1.29 is 22.7 Å². The quantitative estimate of drug-likeness (QED) is 0.671. The van der Waals surface area contributed by atoms with Gasteiger partial charge in [-0.3, -0.25) is 4.79 Å². The first-order valence-electron chi connectivity index (χ1n) is 8.57. The molecule has 1 aromatic heterocycles. The number of alkyl halides is 3. The van der Waals surface area contributed by atoms with E-state index in [9.17, 15) is 18.0 Å². The maximum atomic E-state index is 12.5. The van der Waals surface area contributed by atoms with E-state index in [1.165, 1.54) is 12.1 Å². The average Bonchev–Trinajstić information content (AvgIpc) is 3.16. The van der Waals surface area contributed by atoms with Gasteiger partial charge >= 0.3 is 6.18 Å². The van der Waals surface area contributed by atoms with Gasteiger partial charge in [-0.15, -0.1) is 0 Å². The molecule has 0 saturated heterocycles. The first-order chi connectivity index (χ1) is 13.4. The number of nitrogens with one attached hydrogen (secondary N) is 1. The summed E-state index contributed by atoms with van der Waals surface area (Å²) in [6.45, 7) is 0.129. The third-order valence-corrected chi connectivity index (χ3v) is 3.94. The van der Waals surface area contributed by atoms with Crippen molar-refractivity contribution in [1.82, 2.24) is 15.1 Å². The Bertz CT molecular complexity index is 906. The molecule has 1 heterocycles. The van der Waals surface area contributed by atoms with Crippen LogP contribution < -0.4 is 10.1 Å². The van der Waals surface area contributed by atoms with E-state index in [0.717, 1.165) is 23.4 Å². The zero-order valence-electron chi connectivity index (χ0n) is 14.8. The van der Waals surface area contributed by atoms with Crippen molar-refractivity contribution >= 4 is 5.91 Å². The molecule has 5 nitrogen and oxygen atoms in total. The van der Waals surface area contributed by atoms with E-state index >= 15 is 0 Å². The lowest BCUT2D eigenvalue weighted by Crippen LogP contribution is -2.30. The van der Waals surface area contributed by atoms with Crippen LogP contribution in [0.2, 0.25) is 0 Å². The van der Waals surface area contributed by atoms with Gasteiger partial charge in [-0.1, -0.05) is 18.2 Å². The standard InChI is InChI=1S/C20H18F3N3O2/c21-20(22,23)16-6-8-18(9-7-16)28-14-19(27)24-11-10-15-12-25-26(13-15)17-4-2-1-3-5-17/h1-9,12-13H,10-11,14H2,(H,24,27). The number of nitrogens with zero attached hydrogens (tertiary/aromatic N) is 2. The van der Waals surface area contributed by atoms with Gasteiger partial charge < -0.3 is 10.1 Å². The van der Waals surface area contributed by atoms with Crippen molar-refractivity contribution in [2.75, 3.05) is 13.2 Å². The highest BCUT2D eigenvalue weighted by Crippen LogP contribution is 2.30. The summed E-state index contributed by atoms with van der Waals surface area (Å²) >= 11 is 0. The van der Waals surface area contributed by atoms with Gasteiger partial charge in [-0.05, 0) is 48.4 Å². The van der Waals surface area contributed by atoms with Gasteiger partial charge in [-0.2, -0.15) is 18.3 Å². The van der Waals surface area contributed by atoms with E-state index in [1.54, 1.807) is 10.9 Å². The van der Waals surface area contributed by atoms with Gasteiger partial charge in [0.1, 0.15) is 5.75 Å². The van der Waals surface area contributed by atoms with Crippen LogP contribution >= 0.6 is 0 Å². The number of halogens is 3. The molecule has 3 aromatic rings. The number of hydrogen-bond acceptors (Lipinski definition) is 3. The van der Waals surface area contributed by atoms with Crippen molar-refractivity contribution in [3.05, 3.63) is 78.1 Å². The number of carbonyl (C=O) groups is 1. The van der Waals surface area contributed by atoms with E-state index in [2.05, 4.69) is 10.4 Å². The fourth-order valence-electron chi connectivity index (χ4n) is 2.50. The third-order valence-electron chi connectivity index (χ3n) is 3.94. The SMILES string of the molecule is O=C(COc1ccc(C(F)(F)F)cc1)NCCc1cnn(-c2ccccc2)c1. The summed E-state index contributed by atoms with van der Waals surface area (Å²) in [5, 5.41) is 6.99. The van der Waals surface area contributed by atoms with Crippen molar-refractivity contribution in [3.8, 4) is 11.4 Å². The minimum absolute atomic E-state index is 0.201. The molecule has 2 aromatic carbocycles. The zero-order valence-corrected chi connectivity index (χ0v) is 14.8. The van der Waals surface area contributed by atoms with E-state index in [-0.39, 0.29) is 18.3 Å². The lowest BCUT2D eigenvalue weighted by atomic mass is 10.2. The van der Waals surface area contributed by atoms with Crippen molar-refractivity contribution in [1.29, 1.82) is 0 Å². The largest absolute Gasteiger partial charge is 0.484 e. The van der Waals surface area contributed by atoms with Gasteiger partial charge in [0.15, 0.2) is 6.61 Å². The minimum atomic E-state index is -4.40. The number of carbonyl (C=O) groups excluding carboxylic acids is 1. The van der Waals surface area contributed by atoms with Gasteiger partial charge in [-0.25, -0.2) is 4.68 Å². The number of benzene rings is 2. The number of hydrogen-bond donors (Lipinski definition) is 1. The molecular formula is C20H18F3N3O2. The highest BCUT2D eigenvalue weighted by Gasteiger charge is 2.30.